The Labute approximate surface area is 92.0 Å². The largest absolute Gasteiger partial charge is 0.444 e. The summed E-state index contributed by atoms with van der Waals surface area (Å²) >= 11 is 0. The molecule has 1 amide bonds. The number of nitrogens with one attached hydrogen (secondary N) is 1. The molecule has 0 fully saturated rings. The van der Waals surface area contributed by atoms with Crippen LogP contribution in [-0.4, -0.2) is 28.9 Å². The number of alkyl carbamates (subject to hydrolysis) is 1. The van der Waals surface area contributed by atoms with E-state index in [2.05, 4.69) is 5.32 Å². The van der Waals surface area contributed by atoms with Crippen LogP contribution in [0.4, 0.5) is 4.79 Å². The summed E-state index contributed by atoms with van der Waals surface area (Å²) in [7, 11) is 0. The summed E-state index contributed by atoms with van der Waals surface area (Å²) in [5.74, 6) is 0. The summed E-state index contributed by atoms with van der Waals surface area (Å²) in [5.41, 5.74) is -0.500. The maximum absolute atomic E-state index is 11.3. The van der Waals surface area contributed by atoms with Gasteiger partial charge in [0.1, 0.15) is 5.60 Å². The van der Waals surface area contributed by atoms with E-state index in [1.807, 2.05) is 6.92 Å². The third-order valence-electron chi connectivity index (χ3n) is 1.91. The van der Waals surface area contributed by atoms with Crippen molar-refractivity contribution in [2.24, 2.45) is 0 Å². The zero-order valence-corrected chi connectivity index (χ0v) is 10.3. The quantitative estimate of drug-likeness (QED) is 0.757. The van der Waals surface area contributed by atoms with E-state index < -0.39 is 17.8 Å². The first-order chi connectivity index (χ1) is 6.76. The molecular weight excluding hydrogens is 194 g/mol. The maximum atomic E-state index is 11.3. The molecule has 0 aliphatic heterocycles. The molecule has 0 aromatic rings. The highest BCUT2D eigenvalue weighted by Crippen LogP contribution is 2.08. The zero-order chi connectivity index (χ0) is 12.1. The first kappa shape index (κ1) is 14.2. The van der Waals surface area contributed by atoms with Crippen LogP contribution in [0, 0.1) is 0 Å². The van der Waals surface area contributed by atoms with E-state index in [-0.39, 0.29) is 6.04 Å². The SMILES string of the molecule is CCCC(O)[C@H](C)NC(=O)OC(C)(C)C. The van der Waals surface area contributed by atoms with Gasteiger partial charge in [0.25, 0.3) is 0 Å². The van der Waals surface area contributed by atoms with E-state index in [4.69, 9.17) is 4.74 Å². The van der Waals surface area contributed by atoms with Crippen LogP contribution in [0.2, 0.25) is 0 Å². The monoisotopic (exact) mass is 217 g/mol. The fourth-order valence-corrected chi connectivity index (χ4v) is 1.14. The van der Waals surface area contributed by atoms with Gasteiger partial charge >= 0.3 is 6.09 Å². The van der Waals surface area contributed by atoms with Crippen molar-refractivity contribution < 1.29 is 14.6 Å². The summed E-state index contributed by atoms with van der Waals surface area (Å²) in [5, 5.41) is 12.2. The molecule has 90 valence electrons. The molecule has 15 heavy (non-hydrogen) atoms. The van der Waals surface area contributed by atoms with Gasteiger partial charge in [0.05, 0.1) is 12.1 Å². The molecule has 4 nitrogen and oxygen atoms in total. The highest BCUT2D eigenvalue weighted by atomic mass is 16.6. The second kappa shape index (κ2) is 5.95. The Morgan fingerprint density at radius 3 is 2.40 bits per heavy atom. The molecule has 0 spiro atoms. The van der Waals surface area contributed by atoms with Gasteiger partial charge in [-0.25, -0.2) is 4.79 Å². The summed E-state index contributed by atoms with van der Waals surface area (Å²) < 4.78 is 5.08. The van der Waals surface area contributed by atoms with Crippen molar-refractivity contribution in [3.8, 4) is 0 Å². The molecular formula is C11H23NO3. The lowest BCUT2D eigenvalue weighted by Gasteiger charge is -2.24. The summed E-state index contributed by atoms with van der Waals surface area (Å²) in [4.78, 5) is 11.3. The average molecular weight is 217 g/mol. The van der Waals surface area contributed by atoms with E-state index >= 15 is 0 Å². The van der Waals surface area contributed by atoms with E-state index in [9.17, 15) is 9.90 Å². The smallest absolute Gasteiger partial charge is 0.407 e. The molecule has 0 aromatic heterocycles. The molecule has 0 aliphatic carbocycles. The summed E-state index contributed by atoms with van der Waals surface area (Å²) in [6.45, 7) is 9.17. The van der Waals surface area contributed by atoms with Crippen LogP contribution in [-0.2, 0) is 4.74 Å². The van der Waals surface area contributed by atoms with Gasteiger partial charge in [-0.3, -0.25) is 0 Å². The summed E-state index contributed by atoms with van der Waals surface area (Å²) in [6.07, 6.45) is 0.575. The topological polar surface area (TPSA) is 58.6 Å². The fourth-order valence-electron chi connectivity index (χ4n) is 1.14. The molecule has 0 heterocycles. The number of rotatable bonds is 4. The van der Waals surface area contributed by atoms with Crippen LogP contribution < -0.4 is 5.32 Å². The lowest BCUT2D eigenvalue weighted by molar-refractivity contribution is 0.0428. The van der Waals surface area contributed by atoms with E-state index in [0.717, 1.165) is 6.42 Å². The standard InChI is InChI=1S/C11H23NO3/c1-6-7-9(13)8(2)12-10(14)15-11(3,4)5/h8-9,13H,6-7H2,1-5H3,(H,12,14)/t8-,9?/m0/s1. The second-order valence-electron chi connectivity index (χ2n) is 4.79. The number of amides is 1. The van der Waals surface area contributed by atoms with Gasteiger partial charge in [0.2, 0.25) is 0 Å². The van der Waals surface area contributed by atoms with Crippen LogP contribution in [0.1, 0.15) is 47.5 Å². The van der Waals surface area contributed by atoms with Crippen molar-refractivity contribution in [2.45, 2.75) is 65.2 Å². The van der Waals surface area contributed by atoms with Gasteiger partial charge in [-0.1, -0.05) is 13.3 Å². The Morgan fingerprint density at radius 1 is 1.47 bits per heavy atom. The second-order valence-corrected chi connectivity index (χ2v) is 4.79. The first-order valence-electron chi connectivity index (χ1n) is 5.44. The Bertz CT molecular complexity index is 198. The molecule has 0 radical (unpaired) electrons. The molecule has 4 heteroatoms. The van der Waals surface area contributed by atoms with Gasteiger partial charge in [0.15, 0.2) is 0 Å². The molecule has 1 unspecified atom stereocenters. The van der Waals surface area contributed by atoms with E-state index in [1.54, 1.807) is 27.7 Å². The van der Waals surface area contributed by atoms with Gasteiger partial charge in [-0.2, -0.15) is 0 Å². The van der Waals surface area contributed by atoms with Crippen molar-refractivity contribution in [3.05, 3.63) is 0 Å². The Balaban J connectivity index is 3.96. The molecule has 0 bridgehead atoms. The summed E-state index contributed by atoms with van der Waals surface area (Å²) in [6, 6.07) is -0.278. The minimum absolute atomic E-state index is 0.278. The van der Waals surface area contributed by atoms with Crippen LogP contribution in [0.5, 0.6) is 0 Å². The van der Waals surface area contributed by atoms with Gasteiger partial charge in [-0.15, -0.1) is 0 Å². The molecule has 0 saturated carbocycles. The molecule has 2 N–H and O–H groups in total. The van der Waals surface area contributed by atoms with Crippen LogP contribution in [0.25, 0.3) is 0 Å². The number of carbonyl (C=O) groups excluding carboxylic acids is 1. The van der Waals surface area contributed by atoms with Crippen molar-refractivity contribution in [2.75, 3.05) is 0 Å². The van der Waals surface area contributed by atoms with Crippen molar-refractivity contribution in [3.63, 3.8) is 0 Å². The molecule has 0 aromatic carbocycles. The Hall–Kier alpha value is -0.770. The molecule has 0 rings (SSSR count). The zero-order valence-electron chi connectivity index (χ0n) is 10.3. The Morgan fingerprint density at radius 2 is 2.00 bits per heavy atom. The minimum atomic E-state index is -0.512. The van der Waals surface area contributed by atoms with Crippen molar-refractivity contribution in [1.29, 1.82) is 0 Å². The number of ether oxygens (including phenoxy) is 1. The van der Waals surface area contributed by atoms with Crippen molar-refractivity contribution >= 4 is 6.09 Å². The highest BCUT2D eigenvalue weighted by molar-refractivity contribution is 5.68. The minimum Gasteiger partial charge on any atom is -0.444 e. The lowest BCUT2D eigenvalue weighted by Crippen LogP contribution is -2.43. The van der Waals surface area contributed by atoms with Gasteiger partial charge in [-0.05, 0) is 34.1 Å². The highest BCUT2D eigenvalue weighted by Gasteiger charge is 2.20. The molecule has 0 saturated heterocycles. The van der Waals surface area contributed by atoms with Crippen LogP contribution in [0.15, 0.2) is 0 Å². The van der Waals surface area contributed by atoms with E-state index in [1.165, 1.54) is 0 Å². The molecule has 0 aliphatic rings. The first-order valence-corrected chi connectivity index (χ1v) is 5.44. The number of aliphatic hydroxyl groups excluding tert-OH is 1. The lowest BCUT2D eigenvalue weighted by atomic mass is 10.1. The van der Waals surface area contributed by atoms with Crippen LogP contribution >= 0.6 is 0 Å². The van der Waals surface area contributed by atoms with Crippen LogP contribution in [0.3, 0.4) is 0 Å². The van der Waals surface area contributed by atoms with Crippen molar-refractivity contribution in [1.82, 2.24) is 5.32 Å². The third kappa shape index (κ3) is 7.19. The van der Waals surface area contributed by atoms with Gasteiger partial charge < -0.3 is 15.2 Å². The molecule has 2 atom stereocenters. The van der Waals surface area contributed by atoms with Gasteiger partial charge in [0, 0.05) is 0 Å². The number of aliphatic hydroxyl groups is 1. The predicted octanol–water partition coefficient (Wildman–Crippen LogP) is 2.06. The predicted molar refractivity (Wildman–Crippen MR) is 59.7 cm³/mol. The van der Waals surface area contributed by atoms with E-state index in [0.29, 0.717) is 6.42 Å². The average Bonchev–Trinajstić information content (AvgIpc) is 2.00. The number of hydrogen-bond donors (Lipinski definition) is 2. The maximum Gasteiger partial charge on any atom is 0.407 e. The number of hydrogen-bond acceptors (Lipinski definition) is 3. The fraction of sp³-hybridized carbons (Fsp3) is 0.909. The third-order valence-corrected chi connectivity index (χ3v) is 1.91. The Kier molecular flexibility index (Phi) is 5.65. The number of carbonyl (C=O) groups is 1. The normalized spacial score (nSPS) is 15.6.